The number of amides is 2. The molecule has 0 spiro atoms. The number of ether oxygens (including phenoxy) is 1. The molecule has 0 radical (unpaired) electrons. The Kier molecular flexibility index (Phi) is 6.04. The van der Waals surface area contributed by atoms with Gasteiger partial charge in [0, 0.05) is 45.7 Å². The van der Waals surface area contributed by atoms with Crippen molar-refractivity contribution in [3.05, 3.63) is 35.4 Å². The molecule has 25 heavy (non-hydrogen) atoms. The van der Waals surface area contributed by atoms with Gasteiger partial charge in [0.05, 0.1) is 19.1 Å². The van der Waals surface area contributed by atoms with E-state index in [1.807, 2.05) is 31.2 Å². The van der Waals surface area contributed by atoms with Crippen LogP contribution in [-0.2, 0) is 20.9 Å². The number of carbonyl (C=O) groups is 2. The fraction of sp³-hybridized carbons (Fsp3) is 0.579. The Balaban J connectivity index is 1.43. The van der Waals surface area contributed by atoms with Crippen molar-refractivity contribution in [3.63, 3.8) is 0 Å². The van der Waals surface area contributed by atoms with E-state index in [0.717, 1.165) is 38.4 Å². The number of morpholine rings is 1. The van der Waals surface area contributed by atoms with Crippen molar-refractivity contribution in [2.24, 2.45) is 5.92 Å². The maximum absolute atomic E-state index is 12.3. The number of rotatable bonds is 6. The van der Waals surface area contributed by atoms with Gasteiger partial charge in [0.15, 0.2) is 0 Å². The minimum Gasteiger partial charge on any atom is -0.379 e. The topological polar surface area (TPSA) is 61.9 Å². The summed E-state index contributed by atoms with van der Waals surface area (Å²) < 4.78 is 5.32. The van der Waals surface area contributed by atoms with Gasteiger partial charge in [0.25, 0.3) is 0 Å². The second-order valence-corrected chi connectivity index (χ2v) is 6.91. The first kappa shape index (κ1) is 17.9. The van der Waals surface area contributed by atoms with Crippen molar-refractivity contribution in [1.29, 1.82) is 0 Å². The molecule has 136 valence electrons. The van der Waals surface area contributed by atoms with Crippen LogP contribution in [0.1, 0.15) is 17.5 Å². The summed E-state index contributed by atoms with van der Waals surface area (Å²) in [5, 5.41) is 2.98. The molecule has 1 atom stereocenters. The molecule has 2 fully saturated rings. The van der Waals surface area contributed by atoms with Crippen LogP contribution in [0.3, 0.4) is 0 Å². The zero-order valence-electron chi connectivity index (χ0n) is 14.9. The van der Waals surface area contributed by atoms with Crippen molar-refractivity contribution in [1.82, 2.24) is 15.1 Å². The summed E-state index contributed by atoms with van der Waals surface area (Å²) in [6.07, 6.45) is 0.315. The molecule has 2 aliphatic rings. The third-order valence-electron chi connectivity index (χ3n) is 4.91. The van der Waals surface area contributed by atoms with Gasteiger partial charge in [-0.1, -0.05) is 29.8 Å². The van der Waals surface area contributed by atoms with Crippen LogP contribution in [0.25, 0.3) is 0 Å². The van der Waals surface area contributed by atoms with Gasteiger partial charge < -0.3 is 15.0 Å². The minimum absolute atomic E-state index is 0.00647. The fourth-order valence-corrected chi connectivity index (χ4v) is 3.32. The van der Waals surface area contributed by atoms with E-state index in [1.54, 1.807) is 4.90 Å². The van der Waals surface area contributed by atoms with Crippen molar-refractivity contribution in [2.45, 2.75) is 19.9 Å². The molecule has 1 N–H and O–H groups in total. The summed E-state index contributed by atoms with van der Waals surface area (Å²) in [4.78, 5) is 28.6. The lowest BCUT2D eigenvalue weighted by Crippen LogP contribution is -2.42. The van der Waals surface area contributed by atoms with Crippen molar-refractivity contribution >= 4 is 11.8 Å². The number of aryl methyl sites for hydroxylation is 1. The Morgan fingerprint density at radius 2 is 1.96 bits per heavy atom. The molecule has 2 heterocycles. The Bertz CT molecular complexity index is 596. The molecule has 0 aromatic heterocycles. The number of hydrogen-bond acceptors (Lipinski definition) is 4. The Labute approximate surface area is 149 Å². The molecule has 1 aromatic carbocycles. The normalized spacial score (nSPS) is 21.6. The highest BCUT2D eigenvalue weighted by molar-refractivity contribution is 5.89. The zero-order chi connectivity index (χ0) is 17.6. The van der Waals surface area contributed by atoms with Crippen molar-refractivity contribution in [3.8, 4) is 0 Å². The molecule has 1 aromatic rings. The summed E-state index contributed by atoms with van der Waals surface area (Å²) in [7, 11) is 0. The lowest BCUT2D eigenvalue weighted by molar-refractivity contribution is -0.129. The first-order valence-corrected chi connectivity index (χ1v) is 9.03. The van der Waals surface area contributed by atoms with Gasteiger partial charge in [-0.25, -0.2) is 0 Å². The van der Waals surface area contributed by atoms with Crippen molar-refractivity contribution in [2.75, 3.05) is 45.9 Å². The number of nitrogens with zero attached hydrogens (tertiary/aromatic N) is 2. The maximum Gasteiger partial charge on any atom is 0.225 e. The standard InChI is InChI=1S/C19H27N3O3/c1-15-2-4-16(5-3-15)13-22-14-17(12-18(22)23)19(24)20-6-7-21-8-10-25-11-9-21/h2-5,17H,6-14H2,1H3,(H,20,24). The molecule has 3 rings (SSSR count). The van der Waals surface area contributed by atoms with E-state index in [0.29, 0.717) is 26.1 Å². The van der Waals surface area contributed by atoms with Gasteiger partial charge in [0.2, 0.25) is 11.8 Å². The maximum atomic E-state index is 12.3. The van der Waals surface area contributed by atoms with Gasteiger partial charge >= 0.3 is 0 Å². The number of hydrogen-bond donors (Lipinski definition) is 1. The average molecular weight is 345 g/mol. The molecular formula is C19H27N3O3. The first-order chi connectivity index (χ1) is 12.1. The van der Waals surface area contributed by atoms with E-state index < -0.39 is 0 Å². The zero-order valence-corrected chi connectivity index (χ0v) is 14.9. The molecule has 2 saturated heterocycles. The van der Waals surface area contributed by atoms with Crippen LogP contribution >= 0.6 is 0 Å². The Morgan fingerprint density at radius 3 is 2.68 bits per heavy atom. The molecular weight excluding hydrogens is 318 g/mol. The highest BCUT2D eigenvalue weighted by atomic mass is 16.5. The van der Waals surface area contributed by atoms with E-state index in [1.165, 1.54) is 5.56 Å². The van der Waals surface area contributed by atoms with Crippen LogP contribution in [0.4, 0.5) is 0 Å². The molecule has 0 aliphatic carbocycles. The third-order valence-corrected chi connectivity index (χ3v) is 4.91. The second kappa shape index (κ2) is 8.45. The smallest absolute Gasteiger partial charge is 0.225 e. The van der Waals surface area contributed by atoms with Gasteiger partial charge in [0.1, 0.15) is 0 Å². The lowest BCUT2D eigenvalue weighted by atomic mass is 10.1. The van der Waals surface area contributed by atoms with Gasteiger partial charge in [-0.2, -0.15) is 0 Å². The summed E-state index contributed by atoms with van der Waals surface area (Å²) in [5.41, 5.74) is 2.31. The summed E-state index contributed by atoms with van der Waals surface area (Å²) in [5.74, 6) is -0.176. The Morgan fingerprint density at radius 1 is 1.24 bits per heavy atom. The molecule has 0 bridgehead atoms. The number of nitrogens with one attached hydrogen (secondary N) is 1. The van der Waals surface area contributed by atoms with Gasteiger partial charge in [-0.05, 0) is 12.5 Å². The van der Waals surface area contributed by atoms with Gasteiger partial charge in [-0.15, -0.1) is 0 Å². The van der Waals surface area contributed by atoms with Crippen LogP contribution in [0.2, 0.25) is 0 Å². The molecule has 2 aliphatic heterocycles. The number of likely N-dealkylation sites (tertiary alicyclic amines) is 1. The monoisotopic (exact) mass is 345 g/mol. The van der Waals surface area contributed by atoms with E-state index in [2.05, 4.69) is 10.2 Å². The molecule has 0 saturated carbocycles. The summed E-state index contributed by atoms with van der Waals surface area (Å²) in [6.45, 7) is 7.96. The van der Waals surface area contributed by atoms with E-state index >= 15 is 0 Å². The number of carbonyl (C=O) groups excluding carboxylic acids is 2. The van der Waals surface area contributed by atoms with Crippen LogP contribution in [0, 0.1) is 12.8 Å². The third kappa shape index (κ3) is 5.03. The predicted molar refractivity (Wildman–Crippen MR) is 95.0 cm³/mol. The second-order valence-electron chi connectivity index (χ2n) is 6.91. The number of benzene rings is 1. The minimum atomic E-state index is -0.234. The molecule has 2 amide bonds. The molecule has 1 unspecified atom stereocenters. The van der Waals surface area contributed by atoms with Crippen LogP contribution in [-0.4, -0.2) is 67.6 Å². The van der Waals surface area contributed by atoms with E-state index in [-0.39, 0.29) is 17.7 Å². The average Bonchev–Trinajstić information content (AvgIpc) is 2.99. The SMILES string of the molecule is Cc1ccc(CN2CC(C(=O)NCCN3CCOCC3)CC2=O)cc1. The molecule has 6 nitrogen and oxygen atoms in total. The predicted octanol–water partition coefficient (Wildman–Crippen LogP) is 0.792. The Hall–Kier alpha value is -1.92. The fourth-order valence-electron chi connectivity index (χ4n) is 3.32. The lowest BCUT2D eigenvalue weighted by Gasteiger charge is -2.26. The van der Waals surface area contributed by atoms with Crippen LogP contribution in [0.15, 0.2) is 24.3 Å². The van der Waals surface area contributed by atoms with Crippen LogP contribution in [0.5, 0.6) is 0 Å². The quantitative estimate of drug-likeness (QED) is 0.828. The van der Waals surface area contributed by atoms with E-state index in [9.17, 15) is 9.59 Å². The summed E-state index contributed by atoms with van der Waals surface area (Å²) >= 11 is 0. The van der Waals surface area contributed by atoms with E-state index in [4.69, 9.17) is 4.74 Å². The largest absolute Gasteiger partial charge is 0.379 e. The van der Waals surface area contributed by atoms with Gasteiger partial charge in [-0.3, -0.25) is 14.5 Å². The van der Waals surface area contributed by atoms with Crippen molar-refractivity contribution < 1.29 is 14.3 Å². The first-order valence-electron chi connectivity index (χ1n) is 9.03. The van der Waals surface area contributed by atoms with Crippen LogP contribution < -0.4 is 5.32 Å². The summed E-state index contributed by atoms with van der Waals surface area (Å²) in [6, 6.07) is 8.17. The molecule has 6 heteroatoms. The highest BCUT2D eigenvalue weighted by Gasteiger charge is 2.34. The highest BCUT2D eigenvalue weighted by Crippen LogP contribution is 2.20.